The first-order valence-corrected chi connectivity index (χ1v) is 8.21. The maximum atomic E-state index is 12.5. The first kappa shape index (κ1) is 14.3. The SMILES string of the molecule is CCOc1ccc(S(=O)(=O)N2CCC[C@H](C)C2)cc1. The highest BCUT2D eigenvalue weighted by Crippen LogP contribution is 2.24. The zero-order chi connectivity index (χ0) is 13.9. The Bertz CT molecular complexity index is 510. The second-order valence-corrected chi connectivity index (χ2v) is 6.95. The molecule has 1 aliphatic rings. The molecule has 1 aliphatic heterocycles. The highest BCUT2D eigenvalue weighted by atomic mass is 32.2. The molecule has 2 rings (SSSR count). The first-order chi connectivity index (χ1) is 9.04. The number of piperidine rings is 1. The van der Waals surface area contributed by atoms with Gasteiger partial charge in [-0.05, 0) is 49.9 Å². The minimum atomic E-state index is -3.35. The summed E-state index contributed by atoms with van der Waals surface area (Å²) in [7, 11) is -3.35. The molecule has 0 spiro atoms. The molecule has 0 aliphatic carbocycles. The van der Waals surface area contributed by atoms with Crippen LogP contribution in [0.1, 0.15) is 26.7 Å². The van der Waals surface area contributed by atoms with E-state index in [0.29, 0.717) is 36.3 Å². The highest BCUT2D eigenvalue weighted by Gasteiger charge is 2.28. The van der Waals surface area contributed by atoms with Crippen molar-refractivity contribution >= 4 is 10.0 Å². The van der Waals surface area contributed by atoms with Crippen LogP contribution in [0.2, 0.25) is 0 Å². The molecule has 1 saturated heterocycles. The van der Waals surface area contributed by atoms with E-state index in [1.807, 2.05) is 6.92 Å². The van der Waals surface area contributed by atoms with E-state index in [-0.39, 0.29) is 0 Å². The van der Waals surface area contributed by atoms with Crippen molar-refractivity contribution in [3.63, 3.8) is 0 Å². The smallest absolute Gasteiger partial charge is 0.243 e. The van der Waals surface area contributed by atoms with Gasteiger partial charge >= 0.3 is 0 Å². The number of benzene rings is 1. The van der Waals surface area contributed by atoms with E-state index in [0.717, 1.165) is 12.8 Å². The summed E-state index contributed by atoms with van der Waals surface area (Å²) in [5.41, 5.74) is 0. The summed E-state index contributed by atoms with van der Waals surface area (Å²) in [6.07, 6.45) is 2.05. The average molecular weight is 283 g/mol. The van der Waals surface area contributed by atoms with Gasteiger partial charge in [0, 0.05) is 13.1 Å². The third-order valence-corrected chi connectivity index (χ3v) is 5.27. The van der Waals surface area contributed by atoms with E-state index in [1.165, 1.54) is 0 Å². The van der Waals surface area contributed by atoms with Gasteiger partial charge in [-0.2, -0.15) is 4.31 Å². The molecule has 0 aromatic heterocycles. The zero-order valence-electron chi connectivity index (χ0n) is 11.5. The lowest BCUT2D eigenvalue weighted by Gasteiger charge is -2.30. The fraction of sp³-hybridized carbons (Fsp3) is 0.571. The molecule has 0 radical (unpaired) electrons. The van der Waals surface area contributed by atoms with Crippen LogP contribution in [0, 0.1) is 5.92 Å². The fourth-order valence-electron chi connectivity index (χ4n) is 2.39. The van der Waals surface area contributed by atoms with Crippen molar-refractivity contribution in [1.29, 1.82) is 0 Å². The Morgan fingerprint density at radius 3 is 2.58 bits per heavy atom. The molecule has 0 amide bonds. The second-order valence-electron chi connectivity index (χ2n) is 5.01. The van der Waals surface area contributed by atoms with E-state index in [4.69, 9.17) is 4.74 Å². The standard InChI is InChI=1S/C14H21NO3S/c1-3-18-13-6-8-14(9-7-13)19(16,17)15-10-4-5-12(2)11-15/h6-9,12H,3-5,10-11H2,1-2H3/t12-/m0/s1. The van der Waals surface area contributed by atoms with Gasteiger partial charge in [-0.15, -0.1) is 0 Å². The third-order valence-electron chi connectivity index (χ3n) is 3.39. The maximum Gasteiger partial charge on any atom is 0.243 e. The predicted octanol–water partition coefficient (Wildman–Crippen LogP) is 2.51. The Kier molecular flexibility index (Phi) is 4.47. The highest BCUT2D eigenvalue weighted by molar-refractivity contribution is 7.89. The summed E-state index contributed by atoms with van der Waals surface area (Å²) in [5.74, 6) is 1.14. The minimum absolute atomic E-state index is 0.352. The number of hydrogen-bond acceptors (Lipinski definition) is 3. The molecule has 0 bridgehead atoms. The Morgan fingerprint density at radius 2 is 2.00 bits per heavy atom. The Balaban J connectivity index is 2.18. The first-order valence-electron chi connectivity index (χ1n) is 6.77. The molecule has 19 heavy (non-hydrogen) atoms. The van der Waals surface area contributed by atoms with Gasteiger partial charge in [0.05, 0.1) is 11.5 Å². The van der Waals surface area contributed by atoms with Gasteiger partial charge in [-0.3, -0.25) is 0 Å². The predicted molar refractivity (Wildman–Crippen MR) is 74.8 cm³/mol. The van der Waals surface area contributed by atoms with E-state index in [2.05, 4.69) is 6.92 Å². The normalized spacial score (nSPS) is 21.3. The van der Waals surface area contributed by atoms with Crippen LogP contribution >= 0.6 is 0 Å². The molecule has 1 aromatic carbocycles. The largest absolute Gasteiger partial charge is 0.494 e. The Morgan fingerprint density at radius 1 is 1.32 bits per heavy atom. The molecular weight excluding hydrogens is 262 g/mol. The van der Waals surface area contributed by atoms with E-state index >= 15 is 0 Å². The van der Waals surface area contributed by atoms with Crippen LogP contribution in [-0.2, 0) is 10.0 Å². The summed E-state index contributed by atoms with van der Waals surface area (Å²) >= 11 is 0. The van der Waals surface area contributed by atoms with Crippen LogP contribution < -0.4 is 4.74 Å². The summed E-state index contributed by atoms with van der Waals surface area (Å²) in [5, 5.41) is 0. The van der Waals surface area contributed by atoms with Crippen molar-refractivity contribution in [2.24, 2.45) is 5.92 Å². The number of hydrogen-bond donors (Lipinski definition) is 0. The summed E-state index contributed by atoms with van der Waals surface area (Å²) in [6.45, 7) is 5.82. The molecule has 5 heteroatoms. The van der Waals surface area contributed by atoms with E-state index in [9.17, 15) is 8.42 Å². The fourth-order valence-corrected chi connectivity index (χ4v) is 3.99. The van der Waals surface area contributed by atoms with Gasteiger partial charge < -0.3 is 4.74 Å². The lowest BCUT2D eigenvalue weighted by Crippen LogP contribution is -2.39. The molecule has 1 heterocycles. The molecular formula is C14H21NO3S. The van der Waals surface area contributed by atoms with Crippen LogP contribution in [-0.4, -0.2) is 32.4 Å². The number of sulfonamides is 1. The van der Waals surface area contributed by atoms with Crippen molar-refractivity contribution < 1.29 is 13.2 Å². The zero-order valence-corrected chi connectivity index (χ0v) is 12.3. The van der Waals surface area contributed by atoms with Crippen molar-refractivity contribution in [3.8, 4) is 5.75 Å². The van der Waals surface area contributed by atoms with Gasteiger partial charge in [0.15, 0.2) is 0 Å². The van der Waals surface area contributed by atoms with Gasteiger partial charge in [0.1, 0.15) is 5.75 Å². The second kappa shape index (κ2) is 5.92. The molecule has 4 nitrogen and oxygen atoms in total. The average Bonchev–Trinajstić information content (AvgIpc) is 2.40. The molecule has 0 saturated carbocycles. The lowest BCUT2D eigenvalue weighted by molar-refractivity contribution is 0.281. The Hall–Kier alpha value is -1.07. The van der Waals surface area contributed by atoms with Gasteiger partial charge in [0.25, 0.3) is 0 Å². The number of ether oxygens (including phenoxy) is 1. The van der Waals surface area contributed by atoms with Crippen LogP contribution in [0.15, 0.2) is 29.2 Å². The van der Waals surface area contributed by atoms with Crippen molar-refractivity contribution in [3.05, 3.63) is 24.3 Å². The van der Waals surface area contributed by atoms with Gasteiger partial charge in [-0.1, -0.05) is 6.92 Å². The molecule has 1 fully saturated rings. The molecule has 106 valence electrons. The molecule has 1 aromatic rings. The third kappa shape index (κ3) is 3.28. The number of nitrogens with zero attached hydrogens (tertiary/aromatic N) is 1. The quantitative estimate of drug-likeness (QED) is 0.853. The summed E-state index contributed by atoms with van der Waals surface area (Å²) in [4.78, 5) is 0.352. The summed E-state index contributed by atoms with van der Waals surface area (Å²) < 4.78 is 31.9. The maximum absolute atomic E-state index is 12.5. The van der Waals surface area contributed by atoms with Crippen LogP contribution in [0.3, 0.4) is 0 Å². The van der Waals surface area contributed by atoms with E-state index in [1.54, 1.807) is 28.6 Å². The van der Waals surface area contributed by atoms with Crippen LogP contribution in [0.25, 0.3) is 0 Å². The van der Waals surface area contributed by atoms with E-state index < -0.39 is 10.0 Å². The van der Waals surface area contributed by atoms with Crippen molar-refractivity contribution in [2.45, 2.75) is 31.6 Å². The molecule has 1 atom stereocenters. The topological polar surface area (TPSA) is 46.6 Å². The van der Waals surface area contributed by atoms with Crippen LogP contribution in [0.5, 0.6) is 5.75 Å². The lowest BCUT2D eigenvalue weighted by atomic mass is 10.0. The minimum Gasteiger partial charge on any atom is -0.494 e. The van der Waals surface area contributed by atoms with Crippen molar-refractivity contribution in [1.82, 2.24) is 4.31 Å². The molecule has 0 unspecified atom stereocenters. The Labute approximate surface area is 115 Å². The van der Waals surface area contributed by atoms with Gasteiger partial charge in [0.2, 0.25) is 10.0 Å². The number of rotatable bonds is 4. The van der Waals surface area contributed by atoms with Gasteiger partial charge in [-0.25, -0.2) is 8.42 Å². The van der Waals surface area contributed by atoms with Crippen LogP contribution in [0.4, 0.5) is 0 Å². The van der Waals surface area contributed by atoms with Crippen molar-refractivity contribution in [2.75, 3.05) is 19.7 Å². The monoisotopic (exact) mass is 283 g/mol. The summed E-state index contributed by atoms with van der Waals surface area (Å²) in [6, 6.07) is 6.67. The molecule has 0 N–H and O–H groups in total.